The number of aromatic nitrogens is 2. The van der Waals surface area contributed by atoms with E-state index in [-0.39, 0.29) is 0 Å². The van der Waals surface area contributed by atoms with Gasteiger partial charge in [-0.05, 0) is 42.3 Å². The Morgan fingerprint density at radius 1 is 1.39 bits per heavy atom. The molecule has 0 bridgehead atoms. The van der Waals surface area contributed by atoms with Crippen LogP contribution in [0.3, 0.4) is 0 Å². The minimum atomic E-state index is 0.837. The van der Waals surface area contributed by atoms with E-state index in [0.29, 0.717) is 0 Å². The van der Waals surface area contributed by atoms with E-state index in [4.69, 9.17) is 3.07 Å². The van der Waals surface area contributed by atoms with E-state index in [9.17, 15) is 0 Å². The maximum absolute atomic E-state index is 5.12. The Morgan fingerprint density at radius 3 is 2.67 bits per heavy atom. The zero-order valence-corrected chi connectivity index (χ0v) is 12.4. The van der Waals surface area contributed by atoms with Gasteiger partial charge >= 0.3 is 0 Å². The van der Waals surface area contributed by atoms with Crippen molar-refractivity contribution in [2.24, 2.45) is 0 Å². The monoisotopic (exact) mass is 354 g/mol. The van der Waals surface area contributed by atoms with E-state index in [1.54, 1.807) is 0 Å². The van der Waals surface area contributed by atoms with E-state index in [0.717, 1.165) is 30.0 Å². The van der Waals surface area contributed by atoms with Crippen LogP contribution < -0.4 is 3.07 Å². The van der Waals surface area contributed by atoms with Crippen LogP contribution in [0.1, 0.15) is 24.6 Å². The second kappa shape index (κ2) is 6.04. The van der Waals surface area contributed by atoms with Gasteiger partial charge in [-0.1, -0.05) is 19.9 Å². The SMILES string of the molecule is C=Cc1nn(-c2ccc(OI)cc2)cc1CCC. The maximum Gasteiger partial charge on any atom is 0.192 e. The van der Waals surface area contributed by atoms with Gasteiger partial charge in [-0.15, -0.1) is 0 Å². The Balaban J connectivity index is 2.34. The molecule has 0 fully saturated rings. The highest BCUT2D eigenvalue weighted by Gasteiger charge is 2.06. The minimum absolute atomic E-state index is 0.837. The molecule has 94 valence electrons. The first-order valence-corrected chi connectivity index (χ1v) is 6.76. The lowest BCUT2D eigenvalue weighted by molar-refractivity contribution is 0.715. The summed E-state index contributed by atoms with van der Waals surface area (Å²) in [7, 11) is 0. The van der Waals surface area contributed by atoms with Crippen molar-refractivity contribution < 1.29 is 3.07 Å². The van der Waals surface area contributed by atoms with Crippen molar-refractivity contribution in [3.63, 3.8) is 0 Å². The molecule has 3 nitrogen and oxygen atoms in total. The molecular weight excluding hydrogens is 339 g/mol. The van der Waals surface area contributed by atoms with Crippen LogP contribution >= 0.6 is 23.0 Å². The fraction of sp³-hybridized carbons (Fsp3) is 0.214. The molecular formula is C14H15IN2O. The Morgan fingerprint density at radius 2 is 2.11 bits per heavy atom. The maximum atomic E-state index is 5.12. The van der Waals surface area contributed by atoms with Crippen LogP contribution in [-0.4, -0.2) is 9.78 Å². The molecule has 0 aliphatic carbocycles. The van der Waals surface area contributed by atoms with Crippen LogP contribution in [0.15, 0.2) is 37.0 Å². The van der Waals surface area contributed by atoms with Gasteiger partial charge in [0.1, 0.15) is 5.75 Å². The number of aryl methyl sites for hydroxylation is 1. The molecule has 0 aliphatic heterocycles. The fourth-order valence-corrected chi connectivity index (χ4v) is 2.13. The number of hydrogen-bond acceptors (Lipinski definition) is 2. The average Bonchev–Trinajstić information content (AvgIpc) is 2.82. The van der Waals surface area contributed by atoms with E-state index >= 15 is 0 Å². The molecule has 0 aliphatic rings. The largest absolute Gasteiger partial charge is 0.428 e. The molecule has 0 N–H and O–H groups in total. The summed E-state index contributed by atoms with van der Waals surface area (Å²) in [5.41, 5.74) is 3.23. The average molecular weight is 354 g/mol. The van der Waals surface area contributed by atoms with Crippen molar-refractivity contribution in [2.45, 2.75) is 19.8 Å². The van der Waals surface area contributed by atoms with Crippen LogP contribution in [0.5, 0.6) is 5.75 Å². The first-order chi connectivity index (χ1) is 8.78. The molecule has 0 spiro atoms. The van der Waals surface area contributed by atoms with Crippen LogP contribution in [0.25, 0.3) is 11.8 Å². The smallest absolute Gasteiger partial charge is 0.192 e. The molecule has 4 heteroatoms. The number of halogens is 1. The quantitative estimate of drug-likeness (QED) is 0.753. The van der Waals surface area contributed by atoms with Crippen molar-refractivity contribution in [3.05, 3.63) is 48.3 Å². The standard InChI is InChI=1S/C14H15IN2O/c1-3-5-11-10-17(16-14(11)4-2)12-6-8-13(18-15)9-7-12/h4,6-10H,2-3,5H2,1H3. The second-order valence-electron chi connectivity index (χ2n) is 4.01. The summed E-state index contributed by atoms with van der Waals surface area (Å²) >= 11 is 1.87. The molecule has 0 unspecified atom stereocenters. The molecule has 0 saturated carbocycles. The lowest BCUT2D eigenvalue weighted by atomic mass is 10.1. The van der Waals surface area contributed by atoms with Crippen LogP contribution in [0, 0.1) is 0 Å². The van der Waals surface area contributed by atoms with Crippen molar-refractivity contribution in [2.75, 3.05) is 0 Å². The Hall–Kier alpha value is -1.30. The molecule has 0 amide bonds. The second-order valence-corrected chi connectivity index (χ2v) is 4.45. The summed E-state index contributed by atoms with van der Waals surface area (Å²) in [5.74, 6) is 0.837. The topological polar surface area (TPSA) is 27.1 Å². The normalized spacial score (nSPS) is 10.3. The van der Waals surface area contributed by atoms with E-state index in [2.05, 4.69) is 24.8 Å². The van der Waals surface area contributed by atoms with E-state index < -0.39 is 0 Å². The van der Waals surface area contributed by atoms with Gasteiger partial charge in [0, 0.05) is 6.20 Å². The highest BCUT2D eigenvalue weighted by atomic mass is 127. The molecule has 1 aromatic carbocycles. The summed E-state index contributed by atoms with van der Waals surface area (Å²) in [6.07, 6.45) is 6.01. The van der Waals surface area contributed by atoms with Crippen LogP contribution in [0.2, 0.25) is 0 Å². The van der Waals surface area contributed by atoms with Crippen LogP contribution in [-0.2, 0) is 6.42 Å². The third-order valence-electron chi connectivity index (χ3n) is 2.73. The van der Waals surface area contributed by atoms with Gasteiger partial charge in [0.05, 0.1) is 11.4 Å². The summed E-state index contributed by atoms with van der Waals surface area (Å²) < 4.78 is 7.01. The zero-order chi connectivity index (χ0) is 13.0. The molecule has 1 heterocycles. The number of hydrogen-bond donors (Lipinski definition) is 0. The third-order valence-corrected chi connectivity index (χ3v) is 3.23. The van der Waals surface area contributed by atoms with Gasteiger partial charge in [-0.3, -0.25) is 0 Å². The van der Waals surface area contributed by atoms with Crippen molar-refractivity contribution in [3.8, 4) is 11.4 Å². The van der Waals surface area contributed by atoms with Gasteiger partial charge < -0.3 is 3.07 Å². The van der Waals surface area contributed by atoms with Gasteiger partial charge in [0.15, 0.2) is 23.0 Å². The highest BCUT2D eigenvalue weighted by molar-refractivity contribution is 14.1. The lowest BCUT2D eigenvalue weighted by Crippen LogP contribution is -1.94. The predicted octanol–water partition coefficient (Wildman–Crippen LogP) is 4.20. The van der Waals surface area contributed by atoms with E-state index in [1.807, 2.05) is 58.0 Å². The molecule has 1 aromatic heterocycles. The van der Waals surface area contributed by atoms with Crippen molar-refractivity contribution >= 4 is 29.1 Å². The lowest BCUT2D eigenvalue weighted by Gasteiger charge is -2.01. The minimum Gasteiger partial charge on any atom is -0.428 e. The molecule has 0 radical (unpaired) electrons. The summed E-state index contributed by atoms with van der Waals surface area (Å²) in [5, 5.41) is 4.53. The molecule has 2 aromatic rings. The third kappa shape index (κ3) is 2.75. The van der Waals surface area contributed by atoms with Gasteiger partial charge in [0.2, 0.25) is 0 Å². The van der Waals surface area contributed by atoms with Crippen LogP contribution in [0.4, 0.5) is 0 Å². The summed E-state index contributed by atoms with van der Waals surface area (Å²) in [6.45, 7) is 5.97. The number of benzene rings is 1. The molecule has 0 saturated heterocycles. The number of nitrogens with zero attached hydrogens (tertiary/aromatic N) is 2. The fourth-order valence-electron chi connectivity index (χ4n) is 1.84. The van der Waals surface area contributed by atoms with Crippen molar-refractivity contribution in [1.82, 2.24) is 9.78 Å². The Kier molecular flexibility index (Phi) is 4.41. The molecule has 2 rings (SSSR count). The first kappa shape index (κ1) is 13.1. The predicted molar refractivity (Wildman–Crippen MR) is 82.3 cm³/mol. The number of rotatable bonds is 5. The highest BCUT2D eigenvalue weighted by Crippen LogP contribution is 2.19. The molecule has 0 atom stereocenters. The van der Waals surface area contributed by atoms with Gasteiger partial charge in [-0.2, -0.15) is 5.10 Å². The Labute approximate surface area is 121 Å². The Bertz CT molecular complexity index is 531. The molecule has 18 heavy (non-hydrogen) atoms. The van der Waals surface area contributed by atoms with E-state index in [1.165, 1.54) is 5.56 Å². The first-order valence-electron chi connectivity index (χ1n) is 5.88. The van der Waals surface area contributed by atoms with Gasteiger partial charge in [-0.25, -0.2) is 4.68 Å². The summed E-state index contributed by atoms with van der Waals surface area (Å²) in [4.78, 5) is 0. The zero-order valence-electron chi connectivity index (χ0n) is 10.3. The summed E-state index contributed by atoms with van der Waals surface area (Å²) in [6, 6.07) is 7.83. The van der Waals surface area contributed by atoms with Gasteiger partial charge in [0.25, 0.3) is 0 Å². The van der Waals surface area contributed by atoms with Crippen molar-refractivity contribution in [1.29, 1.82) is 0 Å².